The summed E-state index contributed by atoms with van der Waals surface area (Å²) in [5.41, 5.74) is 0.723. The lowest BCUT2D eigenvalue weighted by molar-refractivity contribution is -0.143. The zero-order valence-electron chi connectivity index (χ0n) is 11.3. The van der Waals surface area contributed by atoms with E-state index in [1.54, 1.807) is 18.2 Å². The van der Waals surface area contributed by atoms with Gasteiger partial charge in [0, 0.05) is 0 Å². The molecule has 1 unspecified atom stereocenters. The third-order valence-corrected chi connectivity index (χ3v) is 3.29. The Morgan fingerprint density at radius 2 is 1.89 bits per heavy atom. The van der Waals surface area contributed by atoms with Crippen molar-refractivity contribution in [2.75, 3.05) is 26.3 Å². The number of aliphatic carboxylic acids is 1. The van der Waals surface area contributed by atoms with Crippen LogP contribution in [0.1, 0.15) is 25.5 Å². The molecule has 1 aromatic carbocycles. The van der Waals surface area contributed by atoms with Crippen molar-refractivity contribution in [3.8, 4) is 11.5 Å². The molecule has 1 aromatic rings. The molecule has 19 heavy (non-hydrogen) atoms. The summed E-state index contributed by atoms with van der Waals surface area (Å²) < 4.78 is 11.0. The second-order valence-electron chi connectivity index (χ2n) is 4.37. The topological polar surface area (TPSA) is 59.0 Å². The first kappa shape index (κ1) is 13.7. The lowest BCUT2D eigenvalue weighted by Gasteiger charge is -2.27. The molecule has 1 N–H and O–H groups in total. The van der Waals surface area contributed by atoms with Gasteiger partial charge < -0.3 is 14.6 Å². The van der Waals surface area contributed by atoms with Gasteiger partial charge in [-0.25, -0.2) is 0 Å². The van der Waals surface area contributed by atoms with Crippen LogP contribution in [0.15, 0.2) is 18.2 Å². The van der Waals surface area contributed by atoms with Gasteiger partial charge in [0.15, 0.2) is 11.5 Å². The molecule has 5 heteroatoms. The molecule has 0 spiro atoms. The molecule has 0 fully saturated rings. The van der Waals surface area contributed by atoms with E-state index in [1.807, 2.05) is 18.7 Å². The summed E-state index contributed by atoms with van der Waals surface area (Å²) >= 11 is 0. The number of nitrogens with zero attached hydrogens (tertiary/aromatic N) is 1. The van der Waals surface area contributed by atoms with Gasteiger partial charge in [-0.05, 0) is 30.8 Å². The SMILES string of the molecule is CCN(CC)C(C(=O)O)c1ccc2c(c1)OCCO2. The number of hydrogen-bond acceptors (Lipinski definition) is 4. The molecule has 1 aliphatic rings. The summed E-state index contributed by atoms with van der Waals surface area (Å²) in [6.07, 6.45) is 0. The average molecular weight is 265 g/mol. The summed E-state index contributed by atoms with van der Waals surface area (Å²) in [4.78, 5) is 13.4. The molecule has 104 valence electrons. The fourth-order valence-corrected chi connectivity index (χ4v) is 2.33. The quantitative estimate of drug-likeness (QED) is 0.881. The molecular formula is C14H19NO4. The van der Waals surface area contributed by atoms with Crippen molar-refractivity contribution in [1.82, 2.24) is 4.90 Å². The highest BCUT2D eigenvalue weighted by Crippen LogP contribution is 2.34. The predicted molar refractivity (Wildman–Crippen MR) is 70.7 cm³/mol. The molecule has 0 aromatic heterocycles. The molecule has 0 saturated carbocycles. The zero-order chi connectivity index (χ0) is 13.8. The number of hydrogen-bond donors (Lipinski definition) is 1. The number of fused-ring (bicyclic) bond motifs is 1. The Balaban J connectivity index is 2.34. The van der Waals surface area contributed by atoms with Gasteiger partial charge in [-0.15, -0.1) is 0 Å². The summed E-state index contributed by atoms with van der Waals surface area (Å²) in [5.74, 6) is 0.459. The standard InChI is InChI=1S/C14H19NO4/c1-3-15(4-2)13(14(16)17)10-5-6-11-12(9-10)19-8-7-18-11/h5-6,9,13H,3-4,7-8H2,1-2H3,(H,16,17). The summed E-state index contributed by atoms with van der Waals surface area (Å²) in [6, 6.07) is 4.70. The Labute approximate surface area is 112 Å². The molecule has 1 heterocycles. The Kier molecular flexibility index (Phi) is 4.27. The van der Waals surface area contributed by atoms with Gasteiger partial charge in [0.05, 0.1) is 0 Å². The van der Waals surface area contributed by atoms with Crippen LogP contribution in [0.3, 0.4) is 0 Å². The van der Waals surface area contributed by atoms with Crippen LogP contribution in [-0.2, 0) is 4.79 Å². The summed E-state index contributed by atoms with van der Waals surface area (Å²) in [7, 11) is 0. The molecule has 0 radical (unpaired) electrons. The van der Waals surface area contributed by atoms with E-state index in [0.717, 1.165) is 5.56 Å². The van der Waals surface area contributed by atoms with Gasteiger partial charge >= 0.3 is 5.97 Å². The lowest BCUT2D eigenvalue weighted by Crippen LogP contribution is -2.34. The van der Waals surface area contributed by atoms with Crippen LogP contribution < -0.4 is 9.47 Å². The number of benzene rings is 1. The van der Waals surface area contributed by atoms with Gasteiger partial charge in [-0.3, -0.25) is 9.69 Å². The van der Waals surface area contributed by atoms with Gasteiger partial charge in [0.25, 0.3) is 0 Å². The van der Waals surface area contributed by atoms with E-state index in [0.29, 0.717) is 37.8 Å². The third kappa shape index (κ3) is 2.81. The summed E-state index contributed by atoms with van der Waals surface area (Å²) in [6.45, 7) is 6.31. The minimum atomic E-state index is -0.847. The molecule has 5 nitrogen and oxygen atoms in total. The van der Waals surface area contributed by atoms with Crippen LogP contribution >= 0.6 is 0 Å². The Morgan fingerprint density at radius 1 is 1.26 bits per heavy atom. The van der Waals surface area contributed by atoms with Crippen LogP contribution in [0, 0.1) is 0 Å². The van der Waals surface area contributed by atoms with Crippen molar-refractivity contribution < 1.29 is 19.4 Å². The Bertz CT molecular complexity index is 457. The molecule has 0 saturated heterocycles. The van der Waals surface area contributed by atoms with Crippen LogP contribution in [0.4, 0.5) is 0 Å². The number of ether oxygens (including phenoxy) is 2. The maximum atomic E-state index is 11.5. The van der Waals surface area contributed by atoms with Crippen molar-refractivity contribution in [1.29, 1.82) is 0 Å². The Morgan fingerprint density at radius 3 is 2.47 bits per heavy atom. The highest BCUT2D eigenvalue weighted by atomic mass is 16.6. The van der Waals surface area contributed by atoms with Gasteiger partial charge in [0.2, 0.25) is 0 Å². The highest BCUT2D eigenvalue weighted by molar-refractivity contribution is 5.76. The largest absolute Gasteiger partial charge is 0.486 e. The number of likely N-dealkylation sites (N-methyl/N-ethyl adjacent to an activating group) is 1. The first-order valence-electron chi connectivity index (χ1n) is 6.53. The van der Waals surface area contributed by atoms with Gasteiger partial charge in [-0.1, -0.05) is 19.9 Å². The monoisotopic (exact) mass is 265 g/mol. The van der Waals surface area contributed by atoms with E-state index in [-0.39, 0.29) is 0 Å². The van der Waals surface area contributed by atoms with Crippen molar-refractivity contribution in [3.05, 3.63) is 23.8 Å². The maximum Gasteiger partial charge on any atom is 0.325 e. The molecule has 1 atom stereocenters. The lowest BCUT2D eigenvalue weighted by atomic mass is 10.0. The average Bonchev–Trinajstić information content (AvgIpc) is 2.43. The normalized spacial score (nSPS) is 15.3. The zero-order valence-corrected chi connectivity index (χ0v) is 11.3. The van der Waals surface area contributed by atoms with E-state index in [9.17, 15) is 9.90 Å². The number of carboxylic acids is 1. The van der Waals surface area contributed by atoms with E-state index in [1.165, 1.54) is 0 Å². The molecular weight excluding hydrogens is 246 g/mol. The first-order valence-corrected chi connectivity index (χ1v) is 6.53. The minimum absolute atomic E-state index is 0.499. The maximum absolute atomic E-state index is 11.5. The number of rotatable bonds is 5. The van der Waals surface area contributed by atoms with Crippen LogP contribution in [0.2, 0.25) is 0 Å². The van der Waals surface area contributed by atoms with E-state index < -0.39 is 12.0 Å². The first-order chi connectivity index (χ1) is 9.17. The minimum Gasteiger partial charge on any atom is -0.486 e. The smallest absolute Gasteiger partial charge is 0.325 e. The van der Waals surface area contributed by atoms with Crippen LogP contribution in [0.25, 0.3) is 0 Å². The van der Waals surface area contributed by atoms with Gasteiger partial charge in [0.1, 0.15) is 19.3 Å². The third-order valence-electron chi connectivity index (χ3n) is 3.29. The second-order valence-corrected chi connectivity index (χ2v) is 4.37. The van der Waals surface area contributed by atoms with E-state index in [2.05, 4.69) is 0 Å². The van der Waals surface area contributed by atoms with Crippen molar-refractivity contribution >= 4 is 5.97 Å². The van der Waals surface area contributed by atoms with Crippen molar-refractivity contribution in [2.45, 2.75) is 19.9 Å². The molecule has 0 amide bonds. The molecule has 0 aliphatic carbocycles. The Hall–Kier alpha value is -1.75. The fraction of sp³-hybridized carbons (Fsp3) is 0.500. The van der Waals surface area contributed by atoms with E-state index >= 15 is 0 Å². The molecule has 2 rings (SSSR count). The second kappa shape index (κ2) is 5.93. The van der Waals surface area contributed by atoms with Crippen LogP contribution in [-0.4, -0.2) is 42.3 Å². The predicted octanol–water partition coefficient (Wildman–Crippen LogP) is 1.93. The van der Waals surface area contributed by atoms with Crippen molar-refractivity contribution in [3.63, 3.8) is 0 Å². The number of carbonyl (C=O) groups is 1. The van der Waals surface area contributed by atoms with Crippen LogP contribution in [0.5, 0.6) is 11.5 Å². The highest BCUT2D eigenvalue weighted by Gasteiger charge is 2.26. The summed E-state index contributed by atoms with van der Waals surface area (Å²) in [5, 5.41) is 9.45. The molecule has 1 aliphatic heterocycles. The van der Waals surface area contributed by atoms with E-state index in [4.69, 9.17) is 9.47 Å². The molecule has 0 bridgehead atoms. The van der Waals surface area contributed by atoms with Gasteiger partial charge in [-0.2, -0.15) is 0 Å². The number of carboxylic acid groups (broad SMARTS) is 1. The van der Waals surface area contributed by atoms with Crippen molar-refractivity contribution in [2.24, 2.45) is 0 Å². The fourth-order valence-electron chi connectivity index (χ4n) is 2.33.